The van der Waals surface area contributed by atoms with Crippen LogP contribution in [0.15, 0.2) is 23.3 Å². The SMILES string of the molecule is O=C1C=C2C[C@H](O[C@@H]3C[C@@]45OC(=O)C=C4C[C@@H]3N3CCCC[C@@H]35)[C@@H]3C[C@@]2(O1)[C@H]1CCCN31. The predicted molar refractivity (Wildman–Crippen MR) is 113 cm³/mol. The number of carbonyl (C=O) groups is 2. The zero-order chi connectivity index (χ0) is 21.2. The summed E-state index contributed by atoms with van der Waals surface area (Å²) in [6.07, 6.45) is 12.7. The van der Waals surface area contributed by atoms with E-state index in [1.54, 1.807) is 12.2 Å². The average Bonchev–Trinajstić information content (AvgIpc) is 3.51. The molecule has 170 valence electrons. The number of carbonyl (C=O) groups excluding carboxylic acids is 2. The first kappa shape index (κ1) is 18.7. The number of hydrogen-bond acceptors (Lipinski definition) is 7. The summed E-state index contributed by atoms with van der Waals surface area (Å²) in [6, 6.07) is 1.25. The fourth-order valence-corrected chi connectivity index (χ4v) is 9.01. The van der Waals surface area contributed by atoms with Crippen molar-refractivity contribution in [2.24, 2.45) is 0 Å². The van der Waals surface area contributed by atoms with Crippen molar-refractivity contribution in [3.8, 4) is 0 Å². The maximum absolute atomic E-state index is 12.3. The molecule has 0 N–H and O–H groups in total. The van der Waals surface area contributed by atoms with Crippen molar-refractivity contribution in [1.82, 2.24) is 9.80 Å². The van der Waals surface area contributed by atoms with E-state index >= 15 is 0 Å². The van der Waals surface area contributed by atoms with Crippen LogP contribution in [0.3, 0.4) is 0 Å². The van der Waals surface area contributed by atoms with Crippen LogP contribution in [0.25, 0.3) is 0 Å². The number of nitrogens with zero attached hydrogens (tertiary/aromatic N) is 2. The monoisotopic (exact) mass is 438 g/mol. The maximum atomic E-state index is 12.3. The third-order valence-corrected chi connectivity index (χ3v) is 10.1. The van der Waals surface area contributed by atoms with Gasteiger partial charge < -0.3 is 14.2 Å². The van der Waals surface area contributed by atoms with Gasteiger partial charge in [-0.15, -0.1) is 0 Å². The van der Waals surface area contributed by atoms with E-state index in [1.807, 2.05) is 0 Å². The maximum Gasteiger partial charge on any atom is 0.331 e. The van der Waals surface area contributed by atoms with Crippen molar-refractivity contribution in [3.63, 3.8) is 0 Å². The van der Waals surface area contributed by atoms with E-state index in [4.69, 9.17) is 14.2 Å². The normalized spacial score (nSPS) is 50.9. The second-order valence-electron chi connectivity index (χ2n) is 11.3. The van der Waals surface area contributed by atoms with Crippen molar-refractivity contribution < 1.29 is 23.8 Å². The molecule has 7 fully saturated rings. The zero-order valence-electron chi connectivity index (χ0n) is 18.3. The molecule has 0 aromatic rings. The highest BCUT2D eigenvalue weighted by atomic mass is 16.6. The van der Waals surface area contributed by atoms with Crippen molar-refractivity contribution in [3.05, 3.63) is 23.3 Å². The molecule has 0 aromatic carbocycles. The first-order valence-corrected chi connectivity index (χ1v) is 12.6. The second kappa shape index (κ2) is 6.05. The highest BCUT2D eigenvalue weighted by Gasteiger charge is 2.67. The Morgan fingerprint density at radius 2 is 1.44 bits per heavy atom. The molecule has 0 radical (unpaired) electrons. The summed E-state index contributed by atoms with van der Waals surface area (Å²) in [5.74, 6) is -0.343. The predicted octanol–water partition coefficient (Wildman–Crippen LogP) is 1.86. The molecule has 4 bridgehead atoms. The topological polar surface area (TPSA) is 68.3 Å². The molecule has 2 saturated carbocycles. The van der Waals surface area contributed by atoms with Gasteiger partial charge in [-0.25, -0.2) is 9.59 Å². The fourth-order valence-electron chi connectivity index (χ4n) is 9.01. The zero-order valence-corrected chi connectivity index (χ0v) is 18.3. The van der Waals surface area contributed by atoms with E-state index < -0.39 is 11.2 Å². The molecule has 5 saturated heterocycles. The Kier molecular flexibility index (Phi) is 3.53. The van der Waals surface area contributed by atoms with Gasteiger partial charge in [-0.1, -0.05) is 6.42 Å². The summed E-state index contributed by atoms with van der Waals surface area (Å²) >= 11 is 0. The van der Waals surface area contributed by atoms with E-state index in [-0.39, 0.29) is 24.1 Å². The third kappa shape index (κ3) is 2.14. The molecule has 2 aliphatic carbocycles. The van der Waals surface area contributed by atoms with E-state index in [2.05, 4.69) is 9.80 Å². The minimum Gasteiger partial charge on any atom is -0.450 e. The van der Waals surface area contributed by atoms with Crippen LogP contribution < -0.4 is 0 Å². The minimum absolute atomic E-state index is 0.0603. The molecule has 9 aliphatic rings. The first-order valence-electron chi connectivity index (χ1n) is 12.6. The molecular weight excluding hydrogens is 408 g/mol. The molecule has 0 aromatic heterocycles. The van der Waals surface area contributed by atoms with Crippen molar-refractivity contribution in [2.45, 2.75) is 105 Å². The van der Waals surface area contributed by atoms with Gasteiger partial charge in [0.05, 0.1) is 24.3 Å². The van der Waals surface area contributed by atoms with E-state index in [1.165, 1.54) is 18.4 Å². The van der Waals surface area contributed by atoms with Crippen LogP contribution >= 0.6 is 0 Å². The van der Waals surface area contributed by atoms with Crippen molar-refractivity contribution >= 4 is 11.9 Å². The van der Waals surface area contributed by atoms with Gasteiger partial charge in [0.2, 0.25) is 0 Å². The van der Waals surface area contributed by atoms with Crippen LogP contribution in [0.4, 0.5) is 0 Å². The summed E-state index contributed by atoms with van der Waals surface area (Å²) in [7, 11) is 0. The standard InChI is InChI=1S/C25H30N2O5/c28-22-10-14-8-16-19(13-25(14,32-22)20-4-1-2-6-26(16)20)30-18-9-15-11-23(29)31-24(15)12-17(18)27-7-3-5-21(24)27/h10-11,16-21H,1-9,12-13H2/t16-,17-,18-,19+,20+,21+,24-,25+/m0/s1. The van der Waals surface area contributed by atoms with Crippen LogP contribution in [0, 0.1) is 0 Å². The number of fused-ring (bicyclic) bond motifs is 4. The van der Waals surface area contributed by atoms with Crippen LogP contribution in [0.1, 0.15) is 57.8 Å². The number of piperidine rings is 3. The van der Waals surface area contributed by atoms with Gasteiger partial charge >= 0.3 is 11.9 Å². The highest BCUT2D eigenvalue weighted by Crippen LogP contribution is 2.58. The number of esters is 2. The Balaban J connectivity index is 1.13. The average molecular weight is 439 g/mol. The summed E-state index contributed by atoms with van der Waals surface area (Å²) < 4.78 is 19.1. The van der Waals surface area contributed by atoms with Gasteiger partial charge in [0.25, 0.3) is 0 Å². The van der Waals surface area contributed by atoms with E-state index in [9.17, 15) is 9.59 Å². The quantitative estimate of drug-likeness (QED) is 0.610. The van der Waals surface area contributed by atoms with E-state index in [0.29, 0.717) is 24.2 Å². The smallest absolute Gasteiger partial charge is 0.331 e. The van der Waals surface area contributed by atoms with Crippen LogP contribution in [-0.4, -0.2) is 82.4 Å². The lowest BCUT2D eigenvalue weighted by molar-refractivity contribution is -0.208. The van der Waals surface area contributed by atoms with Gasteiger partial charge in [-0.3, -0.25) is 9.80 Å². The molecular formula is C25H30N2O5. The summed E-state index contributed by atoms with van der Waals surface area (Å²) in [5, 5.41) is 0. The molecule has 7 nitrogen and oxygen atoms in total. The molecule has 9 rings (SSSR count). The fraction of sp³-hybridized carbons (Fsp3) is 0.760. The Morgan fingerprint density at radius 1 is 0.781 bits per heavy atom. The van der Waals surface area contributed by atoms with E-state index in [0.717, 1.165) is 63.6 Å². The van der Waals surface area contributed by atoms with Gasteiger partial charge in [-0.2, -0.15) is 0 Å². The summed E-state index contributed by atoms with van der Waals surface area (Å²) in [5.41, 5.74) is 1.49. The lowest BCUT2D eigenvalue weighted by Gasteiger charge is -2.61. The van der Waals surface area contributed by atoms with Crippen LogP contribution in [0.2, 0.25) is 0 Å². The molecule has 0 unspecified atom stereocenters. The van der Waals surface area contributed by atoms with Crippen molar-refractivity contribution in [2.75, 3.05) is 13.1 Å². The molecule has 7 aliphatic heterocycles. The Bertz CT molecular complexity index is 991. The first-order chi connectivity index (χ1) is 15.6. The Hall–Kier alpha value is -1.70. The molecule has 8 atom stereocenters. The highest BCUT2D eigenvalue weighted by molar-refractivity contribution is 5.88. The van der Waals surface area contributed by atoms with Crippen LogP contribution in [0.5, 0.6) is 0 Å². The lowest BCUT2D eigenvalue weighted by atomic mass is 9.64. The van der Waals surface area contributed by atoms with Gasteiger partial charge in [-0.05, 0) is 56.3 Å². The van der Waals surface area contributed by atoms with Gasteiger partial charge in [0, 0.05) is 43.5 Å². The second-order valence-corrected chi connectivity index (χ2v) is 11.3. The number of rotatable bonds is 2. The lowest BCUT2D eigenvalue weighted by Crippen LogP contribution is -2.72. The number of ether oxygens (including phenoxy) is 3. The van der Waals surface area contributed by atoms with Gasteiger partial charge in [0.1, 0.15) is 0 Å². The molecule has 7 heteroatoms. The Labute approximate surface area is 187 Å². The summed E-state index contributed by atoms with van der Waals surface area (Å²) in [4.78, 5) is 29.8. The third-order valence-electron chi connectivity index (χ3n) is 10.1. The molecule has 2 spiro atoms. The molecule has 32 heavy (non-hydrogen) atoms. The molecule has 7 heterocycles. The van der Waals surface area contributed by atoms with Crippen LogP contribution in [-0.2, 0) is 23.8 Å². The van der Waals surface area contributed by atoms with Gasteiger partial charge in [0.15, 0.2) is 11.2 Å². The largest absolute Gasteiger partial charge is 0.450 e. The minimum atomic E-state index is -0.479. The molecule has 0 amide bonds. The Morgan fingerprint density at radius 3 is 2.25 bits per heavy atom. The summed E-state index contributed by atoms with van der Waals surface area (Å²) in [6.45, 7) is 2.14. The number of hydrogen-bond donors (Lipinski definition) is 0. The van der Waals surface area contributed by atoms with Crippen molar-refractivity contribution in [1.29, 1.82) is 0 Å².